The van der Waals surface area contributed by atoms with E-state index in [1.807, 2.05) is 12.1 Å². The Bertz CT molecular complexity index is 402. The number of nitrogens with one attached hydrogen (secondary N) is 1. The minimum Gasteiger partial charge on any atom is -0.370 e. The number of aliphatic imine (C=N–C) groups is 1. The second-order valence-corrected chi connectivity index (χ2v) is 5.36. The van der Waals surface area contributed by atoms with E-state index in [0.29, 0.717) is 11.4 Å². The van der Waals surface area contributed by atoms with Gasteiger partial charge in [-0.15, -0.1) is 0 Å². The second-order valence-electron chi connectivity index (χ2n) is 5.36. The van der Waals surface area contributed by atoms with Gasteiger partial charge in [0, 0.05) is 12.2 Å². The van der Waals surface area contributed by atoms with E-state index in [4.69, 9.17) is 5.73 Å². The van der Waals surface area contributed by atoms with Crippen molar-refractivity contribution in [3.63, 3.8) is 0 Å². The smallest absolute Gasteiger partial charge is 0.193 e. The molecule has 1 aliphatic rings. The molecule has 1 saturated carbocycles. The number of nitrogens with zero attached hydrogens (tertiary/aromatic N) is 1. The van der Waals surface area contributed by atoms with Gasteiger partial charge < -0.3 is 11.1 Å². The number of rotatable bonds is 3. The molecular weight excluding hydrogens is 210 g/mol. The van der Waals surface area contributed by atoms with Crippen LogP contribution in [0.2, 0.25) is 0 Å². The highest BCUT2D eigenvalue weighted by Gasteiger charge is 2.31. The van der Waals surface area contributed by atoms with Crippen molar-refractivity contribution in [2.75, 3.05) is 11.9 Å². The standard InChI is InChI=1S/C14H21N3/c1-11-4-6-12(7-5-11)17-13(15)16-10-14(2)8-3-9-14/h4-7H,3,8-10H2,1-2H3,(H3,15,16,17). The molecule has 0 aromatic heterocycles. The Morgan fingerprint density at radius 1 is 1.35 bits per heavy atom. The van der Waals surface area contributed by atoms with Crippen LogP contribution in [0.4, 0.5) is 5.69 Å². The Kier molecular flexibility index (Phi) is 3.36. The van der Waals surface area contributed by atoms with Crippen LogP contribution in [0.3, 0.4) is 0 Å². The predicted octanol–water partition coefficient (Wildman–Crippen LogP) is 2.91. The first-order chi connectivity index (χ1) is 8.07. The lowest BCUT2D eigenvalue weighted by atomic mass is 9.71. The van der Waals surface area contributed by atoms with Crippen molar-refractivity contribution in [2.24, 2.45) is 16.1 Å². The number of guanidine groups is 1. The molecule has 0 radical (unpaired) electrons. The lowest BCUT2D eigenvalue weighted by molar-refractivity contribution is 0.174. The fourth-order valence-corrected chi connectivity index (χ4v) is 2.04. The van der Waals surface area contributed by atoms with E-state index in [1.165, 1.54) is 24.8 Å². The van der Waals surface area contributed by atoms with Gasteiger partial charge in [0.2, 0.25) is 0 Å². The second kappa shape index (κ2) is 4.78. The summed E-state index contributed by atoms with van der Waals surface area (Å²) in [5, 5.41) is 3.12. The van der Waals surface area contributed by atoms with Gasteiger partial charge in [-0.25, -0.2) is 0 Å². The summed E-state index contributed by atoms with van der Waals surface area (Å²) in [5.74, 6) is 0.516. The predicted molar refractivity (Wildman–Crippen MR) is 73.2 cm³/mol. The van der Waals surface area contributed by atoms with Crippen LogP contribution in [0.15, 0.2) is 29.3 Å². The summed E-state index contributed by atoms with van der Waals surface area (Å²) in [4.78, 5) is 4.42. The fourth-order valence-electron chi connectivity index (χ4n) is 2.04. The van der Waals surface area contributed by atoms with Crippen molar-refractivity contribution >= 4 is 11.6 Å². The molecule has 0 spiro atoms. The average Bonchev–Trinajstić information content (AvgIpc) is 2.27. The summed E-state index contributed by atoms with van der Waals surface area (Å²) in [6.07, 6.45) is 3.87. The van der Waals surface area contributed by atoms with Crippen LogP contribution in [-0.2, 0) is 0 Å². The summed E-state index contributed by atoms with van der Waals surface area (Å²) < 4.78 is 0. The normalized spacial score (nSPS) is 18.6. The molecule has 1 fully saturated rings. The van der Waals surface area contributed by atoms with Gasteiger partial charge in [-0.3, -0.25) is 4.99 Å². The van der Waals surface area contributed by atoms with E-state index >= 15 is 0 Å². The molecule has 0 heterocycles. The zero-order valence-electron chi connectivity index (χ0n) is 10.7. The molecule has 1 aliphatic carbocycles. The Morgan fingerprint density at radius 3 is 2.53 bits per heavy atom. The molecule has 0 aliphatic heterocycles. The van der Waals surface area contributed by atoms with E-state index in [1.54, 1.807) is 0 Å². The number of hydrogen-bond donors (Lipinski definition) is 2. The molecule has 0 unspecified atom stereocenters. The fraction of sp³-hybridized carbons (Fsp3) is 0.500. The van der Waals surface area contributed by atoms with Crippen LogP contribution >= 0.6 is 0 Å². The van der Waals surface area contributed by atoms with E-state index in [-0.39, 0.29) is 0 Å². The summed E-state index contributed by atoms with van der Waals surface area (Å²) in [7, 11) is 0. The van der Waals surface area contributed by atoms with Crippen molar-refractivity contribution < 1.29 is 0 Å². The quantitative estimate of drug-likeness (QED) is 0.620. The molecule has 2 rings (SSSR count). The Morgan fingerprint density at radius 2 is 2.00 bits per heavy atom. The van der Waals surface area contributed by atoms with E-state index in [9.17, 15) is 0 Å². The SMILES string of the molecule is Cc1ccc(NC(N)=NCC2(C)CCC2)cc1. The van der Waals surface area contributed by atoms with Crippen LogP contribution in [0.25, 0.3) is 0 Å². The van der Waals surface area contributed by atoms with Gasteiger partial charge in [-0.05, 0) is 37.3 Å². The molecule has 1 aromatic rings. The first-order valence-corrected chi connectivity index (χ1v) is 6.21. The summed E-state index contributed by atoms with van der Waals surface area (Å²) in [6.45, 7) is 5.18. The third-order valence-corrected chi connectivity index (χ3v) is 3.52. The minimum atomic E-state index is 0.388. The first-order valence-electron chi connectivity index (χ1n) is 6.21. The van der Waals surface area contributed by atoms with Gasteiger partial charge >= 0.3 is 0 Å². The Labute approximate surface area is 103 Å². The molecule has 0 bridgehead atoms. The molecular formula is C14H21N3. The molecule has 3 heteroatoms. The van der Waals surface area contributed by atoms with Crippen molar-refractivity contribution in [3.05, 3.63) is 29.8 Å². The van der Waals surface area contributed by atoms with Crippen LogP contribution in [0, 0.1) is 12.3 Å². The Balaban J connectivity index is 1.89. The topological polar surface area (TPSA) is 50.4 Å². The summed E-state index contributed by atoms with van der Waals surface area (Å²) >= 11 is 0. The van der Waals surface area contributed by atoms with Gasteiger partial charge in [0.1, 0.15) is 0 Å². The van der Waals surface area contributed by atoms with Gasteiger partial charge in [0.15, 0.2) is 5.96 Å². The third-order valence-electron chi connectivity index (χ3n) is 3.52. The molecule has 3 nitrogen and oxygen atoms in total. The van der Waals surface area contributed by atoms with E-state index in [2.05, 4.69) is 36.3 Å². The molecule has 3 N–H and O–H groups in total. The maximum atomic E-state index is 5.87. The van der Waals surface area contributed by atoms with Crippen molar-refractivity contribution in [1.82, 2.24) is 0 Å². The summed E-state index contributed by atoms with van der Waals surface area (Å²) in [5.41, 5.74) is 8.50. The first kappa shape index (κ1) is 12.0. The zero-order valence-corrected chi connectivity index (χ0v) is 10.7. The average molecular weight is 231 g/mol. The van der Waals surface area contributed by atoms with Gasteiger partial charge in [-0.1, -0.05) is 31.0 Å². The number of nitrogens with two attached hydrogens (primary N) is 1. The number of hydrogen-bond acceptors (Lipinski definition) is 1. The van der Waals surface area contributed by atoms with Crippen LogP contribution in [0.5, 0.6) is 0 Å². The van der Waals surface area contributed by atoms with Gasteiger partial charge in [0.05, 0.1) is 0 Å². The molecule has 0 amide bonds. The van der Waals surface area contributed by atoms with Crippen molar-refractivity contribution in [3.8, 4) is 0 Å². The Hall–Kier alpha value is -1.51. The third kappa shape index (κ3) is 3.22. The van der Waals surface area contributed by atoms with Crippen molar-refractivity contribution in [2.45, 2.75) is 33.1 Å². The highest BCUT2D eigenvalue weighted by atomic mass is 15.1. The number of aryl methyl sites for hydroxylation is 1. The highest BCUT2D eigenvalue weighted by Crippen LogP contribution is 2.40. The zero-order chi connectivity index (χ0) is 12.3. The lowest BCUT2D eigenvalue weighted by Gasteiger charge is -2.36. The van der Waals surface area contributed by atoms with Crippen molar-refractivity contribution in [1.29, 1.82) is 0 Å². The number of anilines is 1. The lowest BCUT2D eigenvalue weighted by Crippen LogP contribution is -2.31. The van der Waals surface area contributed by atoms with E-state index < -0.39 is 0 Å². The largest absolute Gasteiger partial charge is 0.370 e. The van der Waals surface area contributed by atoms with Crippen LogP contribution < -0.4 is 11.1 Å². The number of benzene rings is 1. The van der Waals surface area contributed by atoms with E-state index in [0.717, 1.165) is 12.2 Å². The maximum absolute atomic E-state index is 5.87. The monoisotopic (exact) mass is 231 g/mol. The van der Waals surface area contributed by atoms with Crippen LogP contribution in [-0.4, -0.2) is 12.5 Å². The molecule has 0 atom stereocenters. The highest BCUT2D eigenvalue weighted by molar-refractivity contribution is 5.92. The van der Waals surface area contributed by atoms with Crippen LogP contribution in [0.1, 0.15) is 31.7 Å². The maximum Gasteiger partial charge on any atom is 0.193 e. The molecule has 0 saturated heterocycles. The summed E-state index contributed by atoms with van der Waals surface area (Å²) in [6, 6.07) is 8.15. The molecule has 92 valence electrons. The molecule has 17 heavy (non-hydrogen) atoms. The minimum absolute atomic E-state index is 0.388. The van der Waals surface area contributed by atoms with Gasteiger partial charge in [0.25, 0.3) is 0 Å². The van der Waals surface area contributed by atoms with Gasteiger partial charge in [-0.2, -0.15) is 0 Å². The molecule has 1 aromatic carbocycles.